The second-order valence-corrected chi connectivity index (χ2v) is 5.73. The molecule has 3 N–H and O–H groups in total. The maximum absolute atomic E-state index is 13.5. The Kier molecular flexibility index (Phi) is 4.01. The average Bonchev–Trinajstić information content (AvgIpc) is 2.38. The van der Waals surface area contributed by atoms with Gasteiger partial charge in [-0.3, -0.25) is 4.72 Å². The van der Waals surface area contributed by atoms with Crippen LogP contribution in [0.1, 0.15) is 5.56 Å². The van der Waals surface area contributed by atoms with Gasteiger partial charge in [-0.25, -0.2) is 17.2 Å². The van der Waals surface area contributed by atoms with Gasteiger partial charge in [-0.05, 0) is 29.8 Å². The fraction of sp³-hybridized carbons (Fsp3) is 0.0769. The molecule has 0 heterocycles. The molecule has 7 heteroatoms. The van der Waals surface area contributed by atoms with Crippen molar-refractivity contribution >= 4 is 15.7 Å². The summed E-state index contributed by atoms with van der Waals surface area (Å²) in [6, 6.07) is 8.61. The molecule has 0 aliphatic heterocycles. The van der Waals surface area contributed by atoms with Crippen LogP contribution in [0.3, 0.4) is 0 Å². The van der Waals surface area contributed by atoms with E-state index in [9.17, 15) is 17.2 Å². The highest BCUT2D eigenvalue weighted by atomic mass is 32.2. The topological polar surface area (TPSA) is 72.2 Å². The summed E-state index contributed by atoms with van der Waals surface area (Å²) in [6.45, 7) is 0.333. The molecular formula is C13H12F2N2O2S. The molecule has 0 fully saturated rings. The van der Waals surface area contributed by atoms with Gasteiger partial charge in [0, 0.05) is 18.3 Å². The fourth-order valence-electron chi connectivity index (χ4n) is 1.61. The summed E-state index contributed by atoms with van der Waals surface area (Å²) in [4.78, 5) is -0.609. The van der Waals surface area contributed by atoms with E-state index in [4.69, 9.17) is 5.73 Å². The molecule has 20 heavy (non-hydrogen) atoms. The van der Waals surface area contributed by atoms with Gasteiger partial charge in [-0.2, -0.15) is 0 Å². The standard InChI is InChI=1S/C13H12F2N2O2S/c14-10-3-6-13(12(15)7-10)20(18,19)17-11-4-1-9(8-16)2-5-11/h1-7,17H,8,16H2. The van der Waals surface area contributed by atoms with Crippen LogP contribution in [0.5, 0.6) is 0 Å². The third-order valence-corrected chi connectivity index (χ3v) is 4.04. The average molecular weight is 298 g/mol. The van der Waals surface area contributed by atoms with E-state index in [0.29, 0.717) is 12.6 Å². The largest absolute Gasteiger partial charge is 0.326 e. The van der Waals surface area contributed by atoms with Crippen LogP contribution >= 0.6 is 0 Å². The molecule has 0 aromatic heterocycles. The lowest BCUT2D eigenvalue weighted by Crippen LogP contribution is -2.14. The van der Waals surface area contributed by atoms with Crippen LogP contribution in [-0.4, -0.2) is 8.42 Å². The molecule has 0 spiro atoms. The van der Waals surface area contributed by atoms with E-state index in [0.717, 1.165) is 17.7 Å². The zero-order chi connectivity index (χ0) is 14.8. The quantitative estimate of drug-likeness (QED) is 0.909. The SMILES string of the molecule is NCc1ccc(NS(=O)(=O)c2ccc(F)cc2F)cc1. The van der Waals surface area contributed by atoms with E-state index in [-0.39, 0.29) is 5.69 Å². The number of hydrogen-bond acceptors (Lipinski definition) is 3. The summed E-state index contributed by atoms with van der Waals surface area (Å²) < 4.78 is 52.5. The molecular weight excluding hydrogens is 286 g/mol. The van der Waals surface area contributed by atoms with Crippen LogP contribution in [0.4, 0.5) is 14.5 Å². The first-order valence-corrected chi connectivity index (χ1v) is 7.17. The van der Waals surface area contributed by atoms with Gasteiger partial charge in [0.1, 0.15) is 16.5 Å². The first kappa shape index (κ1) is 14.4. The third kappa shape index (κ3) is 3.12. The molecule has 0 saturated carbocycles. The fourth-order valence-corrected chi connectivity index (χ4v) is 2.73. The summed E-state index contributed by atoms with van der Waals surface area (Å²) in [5.74, 6) is -1.98. The second kappa shape index (κ2) is 5.56. The first-order valence-electron chi connectivity index (χ1n) is 5.69. The van der Waals surface area contributed by atoms with E-state index in [1.54, 1.807) is 12.1 Å². The molecule has 0 aliphatic rings. The van der Waals surface area contributed by atoms with Gasteiger partial charge >= 0.3 is 0 Å². The van der Waals surface area contributed by atoms with Gasteiger partial charge in [0.05, 0.1) is 0 Å². The summed E-state index contributed by atoms with van der Waals surface area (Å²) in [6.07, 6.45) is 0. The zero-order valence-electron chi connectivity index (χ0n) is 10.3. The van der Waals surface area contributed by atoms with Crippen molar-refractivity contribution in [2.75, 3.05) is 4.72 Å². The molecule has 2 aromatic rings. The Bertz CT molecular complexity index is 716. The summed E-state index contributed by atoms with van der Waals surface area (Å²) >= 11 is 0. The van der Waals surface area contributed by atoms with Gasteiger partial charge in [0.25, 0.3) is 10.0 Å². The second-order valence-electron chi connectivity index (χ2n) is 4.08. The van der Waals surface area contributed by atoms with Gasteiger partial charge < -0.3 is 5.73 Å². The van der Waals surface area contributed by atoms with E-state index >= 15 is 0 Å². The van der Waals surface area contributed by atoms with Crippen molar-refractivity contribution in [1.29, 1.82) is 0 Å². The molecule has 0 amide bonds. The molecule has 0 aliphatic carbocycles. The number of nitrogens with two attached hydrogens (primary N) is 1. The molecule has 0 radical (unpaired) electrons. The number of sulfonamides is 1. The Morgan fingerprint density at radius 1 is 1.05 bits per heavy atom. The van der Waals surface area contributed by atoms with E-state index in [1.165, 1.54) is 12.1 Å². The minimum Gasteiger partial charge on any atom is -0.326 e. The zero-order valence-corrected chi connectivity index (χ0v) is 11.1. The van der Waals surface area contributed by atoms with Crippen molar-refractivity contribution in [1.82, 2.24) is 0 Å². The molecule has 2 aromatic carbocycles. The number of nitrogens with one attached hydrogen (secondary N) is 1. The Morgan fingerprint density at radius 2 is 1.70 bits per heavy atom. The number of halogens is 2. The monoisotopic (exact) mass is 298 g/mol. The van der Waals surface area contributed by atoms with Crippen molar-refractivity contribution in [2.45, 2.75) is 11.4 Å². The lowest BCUT2D eigenvalue weighted by atomic mass is 10.2. The highest BCUT2D eigenvalue weighted by Gasteiger charge is 2.19. The van der Waals surface area contributed by atoms with Crippen molar-refractivity contribution in [3.8, 4) is 0 Å². The van der Waals surface area contributed by atoms with Crippen LogP contribution in [0.15, 0.2) is 47.4 Å². The molecule has 106 valence electrons. The minimum absolute atomic E-state index is 0.269. The van der Waals surface area contributed by atoms with Gasteiger partial charge in [-0.15, -0.1) is 0 Å². The maximum atomic E-state index is 13.5. The highest BCUT2D eigenvalue weighted by Crippen LogP contribution is 2.19. The molecule has 0 saturated heterocycles. The number of rotatable bonds is 4. The normalized spacial score (nSPS) is 11.3. The Labute approximate surface area is 115 Å². The summed E-state index contributed by atoms with van der Waals surface area (Å²) in [5.41, 5.74) is 6.53. The highest BCUT2D eigenvalue weighted by molar-refractivity contribution is 7.92. The number of benzene rings is 2. The maximum Gasteiger partial charge on any atom is 0.264 e. The molecule has 0 atom stereocenters. The predicted molar refractivity (Wildman–Crippen MR) is 71.5 cm³/mol. The van der Waals surface area contributed by atoms with E-state index in [2.05, 4.69) is 4.72 Å². The Balaban J connectivity index is 2.30. The van der Waals surface area contributed by atoms with Crippen LogP contribution in [0, 0.1) is 11.6 Å². The van der Waals surface area contributed by atoms with E-state index < -0.39 is 26.6 Å². The van der Waals surface area contributed by atoms with Crippen molar-refractivity contribution < 1.29 is 17.2 Å². The lowest BCUT2D eigenvalue weighted by Gasteiger charge is -2.09. The minimum atomic E-state index is -4.10. The molecule has 0 unspecified atom stereocenters. The van der Waals surface area contributed by atoms with Crippen molar-refractivity contribution in [3.63, 3.8) is 0 Å². The van der Waals surface area contributed by atoms with Gasteiger partial charge in [-0.1, -0.05) is 12.1 Å². The molecule has 4 nitrogen and oxygen atoms in total. The molecule has 2 rings (SSSR count). The smallest absolute Gasteiger partial charge is 0.264 e. The summed E-state index contributed by atoms with van der Waals surface area (Å²) in [5, 5.41) is 0. The predicted octanol–water partition coefficient (Wildman–Crippen LogP) is 2.22. The molecule has 0 bridgehead atoms. The first-order chi connectivity index (χ1) is 9.42. The Hall–Kier alpha value is -1.99. The van der Waals surface area contributed by atoms with Crippen LogP contribution < -0.4 is 10.5 Å². The van der Waals surface area contributed by atoms with Crippen molar-refractivity contribution in [3.05, 3.63) is 59.7 Å². The third-order valence-electron chi connectivity index (χ3n) is 2.63. The van der Waals surface area contributed by atoms with Gasteiger partial charge in [0.2, 0.25) is 0 Å². The number of anilines is 1. The van der Waals surface area contributed by atoms with Crippen LogP contribution in [0.2, 0.25) is 0 Å². The summed E-state index contributed by atoms with van der Waals surface area (Å²) in [7, 11) is -4.10. The van der Waals surface area contributed by atoms with Crippen LogP contribution in [0.25, 0.3) is 0 Å². The van der Waals surface area contributed by atoms with Gasteiger partial charge in [0.15, 0.2) is 0 Å². The van der Waals surface area contributed by atoms with Crippen molar-refractivity contribution in [2.24, 2.45) is 5.73 Å². The number of hydrogen-bond donors (Lipinski definition) is 2. The Morgan fingerprint density at radius 3 is 2.25 bits per heavy atom. The lowest BCUT2D eigenvalue weighted by molar-refractivity contribution is 0.551. The van der Waals surface area contributed by atoms with Crippen LogP contribution in [-0.2, 0) is 16.6 Å². The van der Waals surface area contributed by atoms with E-state index in [1.807, 2.05) is 0 Å².